The third kappa shape index (κ3) is 3.10. The van der Waals surface area contributed by atoms with Crippen molar-refractivity contribution >= 4 is 37.7 Å². The van der Waals surface area contributed by atoms with Gasteiger partial charge in [0.25, 0.3) is 0 Å². The zero-order valence-corrected chi connectivity index (χ0v) is 3.46. The van der Waals surface area contributed by atoms with Crippen molar-refractivity contribution < 1.29 is 0 Å². The molecule has 1 rings (SSSR count). The molecule has 0 heterocycles. The molecule has 0 aromatic heterocycles. The molecule has 34 valence electrons. The molecule has 0 amide bonds. The van der Waals surface area contributed by atoms with Crippen molar-refractivity contribution in [1.29, 1.82) is 0 Å². The maximum Gasteiger partial charge on any atom is -0.0623 e. The molecule has 0 saturated carbocycles. The molecule has 0 unspecified atom stereocenters. The molecule has 0 aliphatic rings. The van der Waals surface area contributed by atoms with Crippen molar-refractivity contribution in [2.75, 3.05) is 0 Å². The molecule has 0 aliphatic heterocycles. The van der Waals surface area contributed by atoms with Gasteiger partial charge in [-0.2, -0.15) is 0 Å². The topological polar surface area (TPSA) is 0 Å². The summed E-state index contributed by atoms with van der Waals surface area (Å²) in [7, 11) is 0. The molecule has 0 spiro atoms. The Morgan fingerprint density at radius 1 is 0.429 bits per heavy atom. The van der Waals surface area contributed by atoms with Crippen LogP contribution in [0.2, 0.25) is 0 Å². The van der Waals surface area contributed by atoms with E-state index in [4.69, 9.17) is 0 Å². The van der Waals surface area contributed by atoms with Crippen LogP contribution in [0.5, 0.6) is 0 Å². The first-order chi connectivity index (χ1) is 3.00. The smallest absolute Gasteiger partial charge is 0.0623 e. The average molecular weight is 120 g/mol. The van der Waals surface area contributed by atoms with E-state index in [2.05, 4.69) is 0 Å². The summed E-state index contributed by atoms with van der Waals surface area (Å²) in [6, 6.07) is 12.0. The van der Waals surface area contributed by atoms with Gasteiger partial charge < -0.3 is 0 Å². The van der Waals surface area contributed by atoms with Gasteiger partial charge in [-0.25, -0.2) is 0 Å². The molecule has 0 bridgehead atoms. The summed E-state index contributed by atoms with van der Waals surface area (Å²) in [5.74, 6) is 0. The maximum absolute atomic E-state index is 2.00. The molecular weight excluding hydrogens is 112 g/mol. The van der Waals surface area contributed by atoms with Crippen LogP contribution < -0.4 is 0 Å². The van der Waals surface area contributed by atoms with E-state index in [0.717, 1.165) is 0 Å². The van der Waals surface area contributed by atoms with Gasteiger partial charge in [-0.15, -0.1) is 0 Å². The van der Waals surface area contributed by atoms with E-state index in [9.17, 15) is 0 Å². The quantitative estimate of drug-likeness (QED) is 0.444. The van der Waals surface area contributed by atoms with E-state index in [1.807, 2.05) is 36.4 Å². The molecule has 1 aromatic rings. The van der Waals surface area contributed by atoms with Crippen molar-refractivity contribution in [2.45, 2.75) is 0 Å². The first-order valence-corrected chi connectivity index (χ1v) is 2.00. The van der Waals surface area contributed by atoms with Crippen molar-refractivity contribution in [3.05, 3.63) is 36.4 Å². The van der Waals surface area contributed by atoms with Crippen LogP contribution in [-0.4, -0.2) is 37.7 Å². The minimum Gasteiger partial charge on any atom is -0.0623 e. The Hall–Kier alpha value is 0.480. The van der Waals surface area contributed by atoms with E-state index < -0.39 is 0 Å². The maximum atomic E-state index is 2.00. The standard InChI is InChI=1S/C6H6.Ca.2H/c1-2-4-6-5-3-1;;;/h1-6H;;;. The Bertz CT molecular complexity index is 76.1. The Balaban J connectivity index is 0.000000360. The van der Waals surface area contributed by atoms with Crippen LogP contribution >= 0.6 is 0 Å². The molecular formula is C6H8Ca. The third-order valence-corrected chi connectivity index (χ3v) is 0.667. The van der Waals surface area contributed by atoms with Crippen LogP contribution in [0.1, 0.15) is 0 Å². The van der Waals surface area contributed by atoms with Gasteiger partial charge in [0, 0.05) is 0 Å². The summed E-state index contributed by atoms with van der Waals surface area (Å²) >= 11 is 0. The summed E-state index contributed by atoms with van der Waals surface area (Å²) < 4.78 is 0. The predicted molar refractivity (Wildman–Crippen MR) is 35.0 cm³/mol. The molecule has 0 radical (unpaired) electrons. The summed E-state index contributed by atoms with van der Waals surface area (Å²) in [5.41, 5.74) is 0. The molecule has 0 saturated heterocycles. The van der Waals surface area contributed by atoms with Crippen molar-refractivity contribution in [3.8, 4) is 0 Å². The van der Waals surface area contributed by atoms with Crippen LogP contribution in [0.3, 0.4) is 0 Å². The van der Waals surface area contributed by atoms with Gasteiger partial charge in [0.1, 0.15) is 0 Å². The van der Waals surface area contributed by atoms with E-state index in [-0.39, 0.29) is 37.7 Å². The van der Waals surface area contributed by atoms with Gasteiger partial charge in [0.2, 0.25) is 0 Å². The largest absolute Gasteiger partial charge is 0.0623 e. The molecule has 1 heteroatoms. The summed E-state index contributed by atoms with van der Waals surface area (Å²) in [6.45, 7) is 0. The minimum absolute atomic E-state index is 0. The zero-order valence-electron chi connectivity index (χ0n) is 3.46. The van der Waals surface area contributed by atoms with E-state index >= 15 is 0 Å². The number of hydrogen-bond donors (Lipinski definition) is 0. The fraction of sp³-hybridized carbons (Fsp3) is 0. The van der Waals surface area contributed by atoms with Gasteiger partial charge in [-0.1, -0.05) is 36.4 Å². The summed E-state index contributed by atoms with van der Waals surface area (Å²) in [5, 5.41) is 0. The number of hydrogen-bond acceptors (Lipinski definition) is 0. The van der Waals surface area contributed by atoms with Gasteiger partial charge in [0.05, 0.1) is 0 Å². The Morgan fingerprint density at radius 2 is 0.571 bits per heavy atom. The average Bonchev–Trinajstić information content (AvgIpc) is 1.72. The first kappa shape index (κ1) is 7.48. The molecule has 0 atom stereocenters. The van der Waals surface area contributed by atoms with Crippen molar-refractivity contribution in [3.63, 3.8) is 0 Å². The van der Waals surface area contributed by atoms with E-state index in [1.54, 1.807) is 0 Å². The monoisotopic (exact) mass is 120 g/mol. The van der Waals surface area contributed by atoms with E-state index in [0.29, 0.717) is 0 Å². The fourth-order valence-corrected chi connectivity index (χ4v) is 0.385. The van der Waals surface area contributed by atoms with E-state index in [1.165, 1.54) is 0 Å². The zero-order chi connectivity index (χ0) is 4.24. The van der Waals surface area contributed by atoms with Gasteiger partial charge in [-0.3, -0.25) is 0 Å². The van der Waals surface area contributed by atoms with Gasteiger partial charge in [0.15, 0.2) is 0 Å². The van der Waals surface area contributed by atoms with Gasteiger partial charge >= 0.3 is 37.7 Å². The second kappa shape index (κ2) is 4.63. The normalized spacial score (nSPS) is 6.86. The molecule has 0 nitrogen and oxygen atoms in total. The molecule has 7 heavy (non-hydrogen) atoms. The summed E-state index contributed by atoms with van der Waals surface area (Å²) in [6.07, 6.45) is 0. The second-order valence-corrected chi connectivity index (χ2v) is 1.15. The number of benzene rings is 1. The third-order valence-electron chi connectivity index (χ3n) is 0.667. The van der Waals surface area contributed by atoms with Crippen LogP contribution in [0.4, 0.5) is 0 Å². The van der Waals surface area contributed by atoms with Crippen LogP contribution in [0, 0.1) is 0 Å². The van der Waals surface area contributed by atoms with Crippen LogP contribution in [0.15, 0.2) is 36.4 Å². The van der Waals surface area contributed by atoms with Crippen molar-refractivity contribution in [2.24, 2.45) is 0 Å². The number of rotatable bonds is 0. The van der Waals surface area contributed by atoms with Gasteiger partial charge in [-0.05, 0) is 0 Å². The minimum atomic E-state index is 0. The molecule has 1 aromatic carbocycles. The fourth-order valence-electron chi connectivity index (χ4n) is 0.385. The predicted octanol–water partition coefficient (Wildman–Crippen LogP) is 0.770. The van der Waals surface area contributed by atoms with Crippen LogP contribution in [0.25, 0.3) is 0 Å². The first-order valence-electron chi connectivity index (χ1n) is 2.00. The Morgan fingerprint density at radius 3 is 0.714 bits per heavy atom. The van der Waals surface area contributed by atoms with Crippen LogP contribution in [-0.2, 0) is 0 Å². The Kier molecular flexibility index (Phi) is 4.95. The SMILES string of the molecule is [CaH2].c1ccccc1. The molecule has 0 aliphatic carbocycles. The second-order valence-electron chi connectivity index (χ2n) is 1.15. The van der Waals surface area contributed by atoms with Crippen molar-refractivity contribution in [1.82, 2.24) is 0 Å². The molecule has 0 fully saturated rings. The molecule has 0 N–H and O–H groups in total. The Labute approximate surface area is 73.5 Å². The summed E-state index contributed by atoms with van der Waals surface area (Å²) in [4.78, 5) is 0.